The molecule has 2 aromatic carbocycles. The molecule has 0 aliphatic heterocycles. The molecule has 0 saturated carbocycles. The maximum atomic E-state index is 13.8. The summed E-state index contributed by atoms with van der Waals surface area (Å²) >= 11 is 17.8. The first-order valence-electron chi connectivity index (χ1n) is 5.01. The molecule has 2 rings (SSSR count). The second-order valence-corrected chi connectivity index (χ2v) is 4.81. The monoisotopic (exact) mass is 304 g/mol. The highest BCUT2D eigenvalue weighted by atomic mass is 35.5. The van der Waals surface area contributed by atoms with Crippen LogP contribution in [0.5, 0.6) is 5.75 Å². The van der Waals surface area contributed by atoms with E-state index in [1.54, 1.807) is 6.07 Å². The van der Waals surface area contributed by atoms with Crippen LogP contribution in [0.15, 0.2) is 30.3 Å². The van der Waals surface area contributed by atoms with Gasteiger partial charge >= 0.3 is 0 Å². The van der Waals surface area contributed by atoms with Crippen LogP contribution in [0.3, 0.4) is 0 Å². The van der Waals surface area contributed by atoms with Crippen molar-refractivity contribution in [3.63, 3.8) is 0 Å². The average molecular weight is 306 g/mol. The zero-order valence-electron chi connectivity index (χ0n) is 9.31. The standard InChI is InChI=1S/C13H8Cl3FO/c1-18-7-2-3-13(17)9(4-7)8-5-11(15)12(16)6-10(8)14/h2-6H,1H3. The summed E-state index contributed by atoms with van der Waals surface area (Å²) in [6.45, 7) is 0. The van der Waals surface area contributed by atoms with Crippen LogP contribution < -0.4 is 4.74 Å². The predicted molar refractivity (Wildman–Crippen MR) is 73.4 cm³/mol. The van der Waals surface area contributed by atoms with Gasteiger partial charge in [0.05, 0.1) is 22.2 Å². The summed E-state index contributed by atoms with van der Waals surface area (Å²) in [6, 6.07) is 7.42. The number of ether oxygens (including phenoxy) is 1. The van der Waals surface area contributed by atoms with Gasteiger partial charge < -0.3 is 4.74 Å². The van der Waals surface area contributed by atoms with Gasteiger partial charge in [-0.1, -0.05) is 34.8 Å². The van der Waals surface area contributed by atoms with Crippen LogP contribution in [-0.4, -0.2) is 7.11 Å². The van der Waals surface area contributed by atoms with E-state index in [9.17, 15) is 4.39 Å². The van der Waals surface area contributed by atoms with Crippen LogP contribution in [0.2, 0.25) is 15.1 Å². The van der Waals surface area contributed by atoms with E-state index in [1.165, 1.54) is 31.4 Å². The Morgan fingerprint density at radius 3 is 2.22 bits per heavy atom. The third-order valence-corrected chi connectivity index (χ3v) is 3.51. The summed E-state index contributed by atoms with van der Waals surface area (Å²) in [5.74, 6) is 0.129. The van der Waals surface area contributed by atoms with E-state index >= 15 is 0 Å². The lowest BCUT2D eigenvalue weighted by Crippen LogP contribution is -1.89. The summed E-state index contributed by atoms with van der Waals surface area (Å²) in [5.41, 5.74) is 0.792. The predicted octanol–water partition coefficient (Wildman–Crippen LogP) is 5.46. The van der Waals surface area contributed by atoms with Crippen LogP contribution in [0, 0.1) is 5.82 Å². The van der Waals surface area contributed by atoms with Crippen LogP contribution in [0.25, 0.3) is 11.1 Å². The Balaban J connectivity index is 2.64. The van der Waals surface area contributed by atoms with Crippen molar-refractivity contribution in [2.45, 2.75) is 0 Å². The molecule has 0 heterocycles. The Hall–Kier alpha value is -0.960. The van der Waals surface area contributed by atoms with Gasteiger partial charge in [0.2, 0.25) is 0 Å². The fourth-order valence-electron chi connectivity index (χ4n) is 1.57. The average Bonchev–Trinajstić information content (AvgIpc) is 2.35. The summed E-state index contributed by atoms with van der Waals surface area (Å²) in [5, 5.41) is 0.976. The number of benzene rings is 2. The number of hydrogen-bond donors (Lipinski definition) is 0. The topological polar surface area (TPSA) is 9.23 Å². The molecule has 0 bridgehead atoms. The van der Waals surface area contributed by atoms with E-state index in [4.69, 9.17) is 39.5 Å². The second kappa shape index (κ2) is 5.35. The van der Waals surface area contributed by atoms with E-state index in [1.807, 2.05) is 0 Å². The lowest BCUT2D eigenvalue weighted by molar-refractivity contribution is 0.414. The minimum absolute atomic E-state index is 0.318. The van der Waals surface area contributed by atoms with Crippen LogP contribution >= 0.6 is 34.8 Å². The Morgan fingerprint density at radius 2 is 1.56 bits per heavy atom. The highest BCUT2D eigenvalue weighted by Crippen LogP contribution is 2.37. The largest absolute Gasteiger partial charge is 0.497 e. The van der Waals surface area contributed by atoms with Crippen molar-refractivity contribution in [3.05, 3.63) is 51.2 Å². The zero-order valence-corrected chi connectivity index (χ0v) is 11.6. The molecule has 0 spiro atoms. The fraction of sp³-hybridized carbons (Fsp3) is 0.0769. The van der Waals surface area contributed by atoms with Gasteiger partial charge in [0.25, 0.3) is 0 Å². The normalized spacial score (nSPS) is 10.5. The summed E-state index contributed by atoms with van der Waals surface area (Å²) in [4.78, 5) is 0. The van der Waals surface area contributed by atoms with E-state index in [2.05, 4.69) is 0 Å². The molecular formula is C13H8Cl3FO. The molecule has 94 valence electrons. The van der Waals surface area contributed by atoms with Gasteiger partial charge in [-0.05, 0) is 30.3 Å². The molecule has 1 nitrogen and oxygen atoms in total. The molecule has 0 fully saturated rings. The van der Waals surface area contributed by atoms with Crippen LogP contribution in [0.4, 0.5) is 4.39 Å². The molecular weight excluding hydrogens is 297 g/mol. The Bertz CT molecular complexity index is 599. The summed E-state index contributed by atoms with van der Waals surface area (Å²) < 4.78 is 18.9. The lowest BCUT2D eigenvalue weighted by atomic mass is 10.0. The van der Waals surface area contributed by atoms with E-state index in [0.29, 0.717) is 31.9 Å². The molecule has 0 aliphatic carbocycles. The van der Waals surface area contributed by atoms with Crippen molar-refractivity contribution in [1.29, 1.82) is 0 Å². The maximum absolute atomic E-state index is 13.8. The summed E-state index contributed by atoms with van der Waals surface area (Å²) in [6.07, 6.45) is 0. The number of hydrogen-bond acceptors (Lipinski definition) is 1. The molecule has 0 N–H and O–H groups in total. The molecule has 18 heavy (non-hydrogen) atoms. The van der Waals surface area contributed by atoms with Crippen molar-refractivity contribution in [1.82, 2.24) is 0 Å². The van der Waals surface area contributed by atoms with Gasteiger partial charge in [0.1, 0.15) is 11.6 Å². The molecule has 2 aromatic rings. The Morgan fingerprint density at radius 1 is 0.889 bits per heavy atom. The van der Waals surface area contributed by atoms with Crippen LogP contribution in [0.1, 0.15) is 0 Å². The number of rotatable bonds is 2. The van der Waals surface area contributed by atoms with E-state index in [-0.39, 0.29) is 0 Å². The van der Waals surface area contributed by atoms with Gasteiger partial charge in [-0.3, -0.25) is 0 Å². The first kappa shape index (κ1) is 13.5. The maximum Gasteiger partial charge on any atom is 0.131 e. The second-order valence-electron chi connectivity index (χ2n) is 3.59. The molecule has 0 radical (unpaired) electrons. The zero-order chi connectivity index (χ0) is 13.3. The molecule has 5 heteroatoms. The van der Waals surface area contributed by atoms with Gasteiger partial charge in [0, 0.05) is 11.1 Å². The highest BCUT2D eigenvalue weighted by Gasteiger charge is 2.13. The molecule has 0 amide bonds. The molecule has 0 aromatic heterocycles. The lowest BCUT2D eigenvalue weighted by Gasteiger charge is -2.09. The molecule has 0 atom stereocenters. The third kappa shape index (κ3) is 2.56. The van der Waals surface area contributed by atoms with E-state index in [0.717, 1.165) is 0 Å². The van der Waals surface area contributed by atoms with Crippen molar-refractivity contribution < 1.29 is 9.13 Å². The molecule has 0 aliphatic rings. The SMILES string of the molecule is COc1ccc(F)c(-c2cc(Cl)c(Cl)cc2Cl)c1. The minimum atomic E-state index is -0.406. The quantitative estimate of drug-likeness (QED) is 0.669. The van der Waals surface area contributed by atoms with Crippen molar-refractivity contribution in [2.24, 2.45) is 0 Å². The first-order valence-corrected chi connectivity index (χ1v) is 6.14. The van der Waals surface area contributed by atoms with Crippen molar-refractivity contribution in [3.8, 4) is 16.9 Å². The Kier molecular flexibility index (Phi) is 4.00. The summed E-state index contributed by atoms with van der Waals surface area (Å²) in [7, 11) is 1.51. The highest BCUT2D eigenvalue weighted by molar-refractivity contribution is 6.44. The number of halogens is 4. The van der Waals surface area contributed by atoms with E-state index < -0.39 is 5.82 Å². The smallest absolute Gasteiger partial charge is 0.131 e. The first-order chi connectivity index (χ1) is 8.52. The molecule has 0 unspecified atom stereocenters. The van der Waals surface area contributed by atoms with Gasteiger partial charge in [-0.25, -0.2) is 4.39 Å². The Labute approximate surface area is 119 Å². The van der Waals surface area contributed by atoms with Crippen molar-refractivity contribution >= 4 is 34.8 Å². The minimum Gasteiger partial charge on any atom is -0.497 e. The van der Waals surface area contributed by atoms with Gasteiger partial charge in [0.15, 0.2) is 0 Å². The van der Waals surface area contributed by atoms with Crippen molar-refractivity contribution in [2.75, 3.05) is 7.11 Å². The molecule has 0 saturated heterocycles. The van der Waals surface area contributed by atoms with Gasteiger partial charge in [-0.2, -0.15) is 0 Å². The third-order valence-electron chi connectivity index (χ3n) is 2.47. The fourth-order valence-corrected chi connectivity index (χ4v) is 2.22. The van der Waals surface area contributed by atoms with Gasteiger partial charge in [-0.15, -0.1) is 0 Å². The number of methoxy groups -OCH3 is 1. The van der Waals surface area contributed by atoms with Crippen LogP contribution in [-0.2, 0) is 0 Å².